The van der Waals surface area contributed by atoms with E-state index in [-0.39, 0.29) is 17.0 Å². The van der Waals surface area contributed by atoms with Gasteiger partial charge in [-0.1, -0.05) is 30.0 Å². The predicted octanol–water partition coefficient (Wildman–Crippen LogP) is 1.57. The SMILES string of the molecule is Cc1ccccc1C#CC1C=c2[nH]cnc2=CC1Cl.O=C(O)CS. The number of aromatic amines is 1. The van der Waals surface area contributed by atoms with Crippen LogP contribution in [0.3, 0.4) is 0 Å². The van der Waals surface area contributed by atoms with Gasteiger partial charge in [0.25, 0.3) is 0 Å². The number of alkyl halides is 1. The number of halogens is 1. The summed E-state index contributed by atoms with van der Waals surface area (Å²) in [7, 11) is 0. The minimum absolute atomic E-state index is 0.00854. The molecule has 1 aliphatic carbocycles. The van der Waals surface area contributed by atoms with Crippen LogP contribution < -0.4 is 10.7 Å². The highest BCUT2D eigenvalue weighted by Gasteiger charge is 2.16. The van der Waals surface area contributed by atoms with Crippen molar-refractivity contribution in [3.05, 3.63) is 52.4 Å². The second kappa shape index (κ2) is 8.62. The molecule has 0 bridgehead atoms. The number of aromatic nitrogens is 2. The van der Waals surface area contributed by atoms with Crippen molar-refractivity contribution < 1.29 is 9.90 Å². The van der Waals surface area contributed by atoms with Gasteiger partial charge >= 0.3 is 5.97 Å². The molecule has 2 unspecified atom stereocenters. The van der Waals surface area contributed by atoms with Gasteiger partial charge in [0.05, 0.1) is 34.1 Å². The van der Waals surface area contributed by atoms with Gasteiger partial charge in [-0.25, -0.2) is 4.98 Å². The molecule has 0 saturated carbocycles. The van der Waals surface area contributed by atoms with Gasteiger partial charge in [-0.15, -0.1) is 11.6 Å². The lowest BCUT2D eigenvalue weighted by atomic mass is 10.00. The number of hydrogen-bond donors (Lipinski definition) is 3. The summed E-state index contributed by atoms with van der Waals surface area (Å²) in [6.45, 7) is 2.06. The Morgan fingerprint density at radius 3 is 2.79 bits per heavy atom. The fraction of sp³-hybridized carbons (Fsp3) is 0.222. The maximum atomic E-state index is 9.29. The van der Waals surface area contributed by atoms with Gasteiger partial charge in [0.15, 0.2) is 0 Å². The number of hydrogen-bond acceptors (Lipinski definition) is 3. The summed E-state index contributed by atoms with van der Waals surface area (Å²) in [5.74, 6) is 5.50. The molecule has 2 aromatic rings. The number of thiol groups is 1. The molecular weight excluding hydrogens is 344 g/mol. The van der Waals surface area contributed by atoms with Crippen LogP contribution in [0, 0.1) is 24.7 Å². The maximum Gasteiger partial charge on any atom is 0.313 e. The van der Waals surface area contributed by atoms with Gasteiger partial charge in [0.2, 0.25) is 0 Å². The van der Waals surface area contributed by atoms with Crippen LogP contribution in [0.2, 0.25) is 0 Å². The third-order valence-electron chi connectivity index (χ3n) is 3.36. The lowest BCUT2D eigenvalue weighted by molar-refractivity contribution is -0.133. The second-order valence-corrected chi connectivity index (χ2v) is 5.96. The maximum absolute atomic E-state index is 9.29. The molecule has 0 saturated heterocycles. The number of carbonyl (C=O) groups is 1. The Kier molecular flexibility index (Phi) is 6.53. The van der Waals surface area contributed by atoms with Crippen LogP contribution in [0.5, 0.6) is 0 Å². The minimum Gasteiger partial charge on any atom is -0.481 e. The third-order valence-corrected chi connectivity index (χ3v) is 4.03. The molecule has 0 radical (unpaired) electrons. The Hall–Kier alpha value is -2.16. The molecule has 4 nitrogen and oxygen atoms in total. The highest BCUT2D eigenvalue weighted by molar-refractivity contribution is 7.81. The molecule has 2 N–H and O–H groups in total. The average molecular weight is 361 g/mol. The number of H-pyrrole nitrogens is 1. The average Bonchev–Trinajstić information content (AvgIpc) is 3.01. The van der Waals surface area contributed by atoms with Crippen LogP contribution in [0.15, 0.2) is 30.6 Å². The molecule has 124 valence electrons. The van der Waals surface area contributed by atoms with Gasteiger partial charge in [0.1, 0.15) is 0 Å². The number of benzene rings is 1. The van der Waals surface area contributed by atoms with Crippen molar-refractivity contribution in [1.82, 2.24) is 9.97 Å². The standard InChI is InChI=1S/C16H13ClN2.C2H4O2S/c1-11-4-2-3-5-12(11)6-7-13-8-15-16(9-14(13)17)19-10-18-15;3-2(4)1-5/h2-5,8-10,13-14H,1H3,(H,18,19);5H,1H2,(H,3,4). The van der Waals surface area contributed by atoms with Crippen LogP contribution >= 0.6 is 24.2 Å². The number of carboxylic acids is 1. The summed E-state index contributed by atoms with van der Waals surface area (Å²) >= 11 is 9.75. The Morgan fingerprint density at radius 1 is 1.42 bits per heavy atom. The smallest absolute Gasteiger partial charge is 0.313 e. The first-order valence-corrected chi connectivity index (χ1v) is 8.35. The van der Waals surface area contributed by atoms with E-state index in [4.69, 9.17) is 16.7 Å². The number of aliphatic carboxylic acids is 1. The number of nitrogens with zero attached hydrogens (tertiary/aromatic N) is 1. The first-order chi connectivity index (χ1) is 11.5. The Bertz CT molecular complexity index is 895. The number of imidazole rings is 1. The topological polar surface area (TPSA) is 66.0 Å². The fourth-order valence-corrected chi connectivity index (χ4v) is 2.36. The number of aryl methyl sites for hydroxylation is 1. The van der Waals surface area contributed by atoms with E-state index in [1.807, 2.05) is 30.4 Å². The first kappa shape index (κ1) is 18.2. The van der Waals surface area contributed by atoms with Crippen LogP contribution in [-0.2, 0) is 4.79 Å². The normalized spacial score (nSPS) is 17.8. The van der Waals surface area contributed by atoms with Crippen molar-refractivity contribution in [3.63, 3.8) is 0 Å². The number of rotatable bonds is 1. The van der Waals surface area contributed by atoms with Gasteiger partial charge in [-0.3, -0.25) is 4.79 Å². The van der Waals surface area contributed by atoms with Crippen molar-refractivity contribution >= 4 is 42.4 Å². The molecule has 1 aliphatic rings. The molecule has 1 heterocycles. The van der Waals surface area contributed by atoms with E-state index in [0.717, 1.165) is 16.3 Å². The minimum atomic E-state index is -0.881. The van der Waals surface area contributed by atoms with E-state index < -0.39 is 5.97 Å². The molecule has 1 aromatic heterocycles. The van der Waals surface area contributed by atoms with Crippen molar-refractivity contribution in [2.45, 2.75) is 12.3 Å². The van der Waals surface area contributed by atoms with Crippen LogP contribution in [0.1, 0.15) is 11.1 Å². The highest BCUT2D eigenvalue weighted by atomic mass is 35.5. The van der Waals surface area contributed by atoms with Crippen molar-refractivity contribution in [2.75, 3.05) is 5.75 Å². The number of fused-ring (bicyclic) bond motifs is 1. The third kappa shape index (κ3) is 4.92. The number of carboxylic acid groups (broad SMARTS) is 1. The van der Waals surface area contributed by atoms with Gasteiger partial charge in [-0.05, 0) is 30.7 Å². The van der Waals surface area contributed by atoms with Crippen LogP contribution in [0.25, 0.3) is 12.2 Å². The summed E-state index contributed by atoms with van der Waals surface area (Å²) in [6, 6.07) is 8.10. The molecule has 6 heteroatoms. The van der Waals surface area contributed by atoms with Crippen LogP contribution in [0.4, 0.5) is 0 Å². The van der Waals surface area contributed by atoms with E-state index in [2.05, 4.69) is 47.4 Å². The van der Waals surface area contributed by atoms with Crippen LogP contribution in [-0.4, -0.2) is 32.2 Å². The zero-order valence-corrected chi connectivity index (χ0v) is 14.7. The summed E-state index contributed by atoms with van der Waals surface area (Å²) in [5.41, 5.74) is 2.23. The molecule has 2 atom stereocenters. The second-order valence-electron chi connectivity index (χ2n) is 5.14. The quantitative estimate of drug-likeness (QED) is 0.411. The zero-order chi connectivity index (χ0) is 17.5. The summed E-state index contributed by atoms with van der Waals surface area (Å²) < 4.78 is 0. The Labute approximate surface area is 150 Å². The first-order valence-electron chi connectivity index (χ1n) is 7.28. The molecular formula is C18H17ClN2O2S. The lowest BCUT2D eigenvalue weighted by Gasteiger charge is -2.11. The van der Waals surface area contributed by atoms with Gasteiger partial charge in [-0.2, -0.15) is 12.6 Å². The molecule has 1 aromatic carbocycles. The largest absolute Gasteiger partial charge is 0.481 e. The molecule has 3 rings (SSSR count). The van der Waals surface area contributed by atoms with Gasteiger partial charge in [0, 0.05) is 5.56 Å². The van der Waals surface area contributed by atoms with E-state index in [9.17, 15) is 4.79 Å². The van der Waals surface area contributed by atoms with Crippen molar-refractivity contribution in [2.24, 2.45) is 5.92 Å². The summed E-state index contributed by atoms with van der Waals surface area (Å²) in [5, 5.41) is 9.43. The Morgan fingerprint density at radius 2 is 2.12 bits per heavy atom. The van der Waals surface area contributed by atoms with Gasteiger partial charge < -0.3 is 10.1 Å². The number of nitrogens with one attached hydrogen (secondary N) is 1. The van der Waals surface area contributed by atoms with Crippen molar-refractivity contribution in [3.8, 4) is 11.8 Å². The highest BCUT2D eigenvalue weighted by Crippen LogP contribution is 2.15. The Balaban J connectivity index is 0.000000368. The predicted molar refractivity (Wildman–Crippen MR) is 99.4 cm³/mol. The van der Waals surface area contributed by atoms with E-state index in [1.165, 1.54) is 5.56 Å². The fourth-order valence-electron chi connectivity index (χ4n) is 2.10. The molecule has 0 spiro atoms. The molecule has 0 fully saturated rings. The monoisotopic (exact) mass is 360 g/mol. The lowest BCUT2D eigenvalue weighted by Crippen LogP contribution is -2.33. The zero-order valence-electron chi connectivity index (χ0n) is 13.0. The van der Waals surface area contributed by atoms with E-state index >= 15 is 0 Å². The van der Waals surface area contributed by atoms with Crippen molar-refractivity contribution in [1.29, 1.82) is 0 Å². The molecule has 0 amide bonds. The van der Waals surface area contributed by atoms with E-state index in [0.29, 0.717) is 0 Å². The molecule has 24 heavy (non-hydrogen) atoms. The molecule has 0 aliphatic heterocycles. The summed E-state index contributed by atoms with van der Waals surface area (Å²) in [4.78, 5) is 16.6. The summed E-state index contributed by atoms with van der Waals surface area (Å²) in [6.07, 6.45) is 5.67. The van der Waals surface area contributed by atoms with E-state index in [1.54, 1.807) is 6.33 Å².